The van der Waals surface area contributed by atoms with Gasteiger partial charge in [0.05, 0.1) is 5.75 Å². The minimum Gasteiger partial charge on any atom is -0.480 e. The molecule has 0 aromatic heterocycles. The largest absolute Gasteiger partial charge is 0.480 e. The van der Waals surface area contributed by atoms with Crippen LogP contribution in [0.3, 0.4) is 0 Å². The molecule has 1 atom stereocenters. The normalized spacial score (nSPS) is 12.8. The van der Waals surface area contributed by atoms with Crippen LogP contribution >= 0.6 is 11.6 Å². The number of sulfonamides is 1. The second-order valence-corrected chi connectivity index (χ2v) is 7.59. The van der Waals surface area contributed by atoms with Crippen LogP contribution in [0.2, 0.25) is 0 Å². The van der Waals surface area contributed by atoms with Crippen LogP contribution in [0, 0.1) is 0 Å². The molecule has 0 aliphatic rings. The van der Waals surface area contributed by atoms with Crippen LogP contribution < -0.4 is 10.5 Å². The first kappa shape index (κ1) is 19.7. The standard InChI is InChI=1S/C15H23ClN2O4S/c16-9-3-1-2-4-10-23(21,22)18-13-7-5-12(6-8-13)11-14(17)15(19)20/h5-8,14,18H,1-4,9-11,17H2,(H,19,20). The zero-order chi connectivity index (χ0) is 17.3. The van der Waals surface area contributed by atoms with Crippen LogP contribution in [-0.4, -0.2) is 37.2 Å². The summed E-state index contributed by atoms with van der Waals surface area (Å²) in [5, 5.41) is 8.76. The molecule has 0 bridgehead atoms. The highest BCUT2D eigenvalue weighted by Gasteiger charge is 2.13. The van der Waals surface area contributed by atoms with Gasteiger partial charge < -0.3 is 10.8 Å². The quantitative estimate of drug-likeness (QED) is 0.413. The fourth-order valence-electron chi connectivity index (χ4n) is 2.02. The van der Waals surface area contributed by atoms with Gasteiger partial charge in [0.1, 0.15) is 6.04 Å². The van der Waals surface area contributed by atoms with Gasteiger partial charge in [0.15, 0.2) is 0 Å². The Balaban J connectivity index is 2.48. The minimum atomic E-state index is -3.37. The van der Waals surface area contributed by atoms with E-state index < -0.39 is 22.0 Å². The highest BCUT2D eigenvalue weighted by molar-refractivity contribution is 7.92. The Morgan fingerprint density at radius 1 is 1.17 bits per heavy atom. The van der Waals surface area contributed by atoms with Gasteiger partial charge in [-0.3, -0.25) is 9.52 Å². The van der Waals surface area contributed by atoms with E-state index in [2.05, 4.69) is 4.72 Å². The van der Waals surface area contributed by atoms with E-state index in [1.807, 2.05) is 0 Å². The van der Waals surface area contributed by atoms with Gasteiger partial charge in [-0.05, 0) is 37.0 Å². The Kier molecular flexibility index (Phi) is 8.36. The Morgan fingerprint density at radius 3 is 2.35 bits per heavy atom. The summed E-state index contributed by atoms with van der Waals surface area (Å²) in [6.45, 7) is 0. The van der Waals surface area contributed by atoms with E-state index in [9.17, 15) is 13.2 Å². The number of anilines is 1. The van der Waals surface area contributed by atoms with Crippen molar-refractivity contribution in [2.75, 3.05) is 16.4 Å². The Labute approximate surface area is 142 Å². The van der Waals surface area contributed by atoms with E-state index in [0.29, 0.717) is 18.0 Å². The molecule has 8 heteroatoms. The SMILES string of the molecule is NC(Cc1ccc(NS(=O)(=O)CCCCCCCl)cc1)C(=O)O. The monoisotopic (exact) mass is 362 g/mol. The van der Waals surface area contributed by atoms with E-state index in [4.69, 9.17) is 22.4 Å². The molecule has 1 unspecified atom stereocenters. The molecular formula is C15H23ClN2O4S. The molecule has 1 aromatic carbocycles. The first-order valence-electron chi connectivity index (χ1n) is 7.48. The smallest absolute Gasteiger partial charge is 0.320 e. The highest BCUT2D eigenvalue weighted by Crippen LogP contribution is 2.14. The van der Waals surface area contributed by atoms with Crippen LogP contribution in [0.25, 0.3) is 0 Å². The van der Waals surface area contributed by atoms with Crippen molar-refractivity contribution >= 4 is 33.3 Å². The fourth-order valence-corrected chi connectivity index (χ4v) is 3.39. The number of hydrogen-bond donors (Lipinski definition) is 3. The van der Waals surface area contributed by atoms with Gasteiger partial charge in [0, 0.05) is 11.6 Å². The van der Waals surface area contributed by atoms with Gasteiger partial charge in [0.2, 0.25) is 10.0 Å². The average molecular weight is 363 g/mol. The number of halogens is 1. The Hall–Kier alpha value is -1.31. The van der Waals surface area contributed by atoms with Gasteiger partial charge in [-0.2, -0.15) is 0 Å². The van der Waals surface area contributed by atoms with E-state index in [-0.39, 0.29) is 12.2 Å². The van der Waals surface area contributed by atoms with Crippen molar-refractivity contribution in [3.8, 4) is 0 Å². The number of nitrogens with two attached hydrogens (primary N) is 1. The number of rotatable bonds is 11. The summed E-state index contributed by atoms with van der Waals surface area (Å²) >= 11 is 5.57. The maximum Gasteiger partial charge on any atom is 0.320 e. The second-order valence-electron chi connectivity index (χ2n) is 5.37. The van der Waals surface area contributed by atoms with Crippen LogP contribution in [-0.2, 0) is 21.2 Å². The summed E-state index contributed by atoms with van der Waals surface area (Å²) in [6, 6.07) is 5.58. The zero-order valence-corrected chi connectivity index (χ0v) is 14.4. The molecule has 0 fully saturated rings. The number of carboxylic acid groups (broad SMARTS) is 1. The zero-order valence-electron chi connectivity index (χ0n) is 12.9. The number of alkyl halides is 1. The first-order chi connectivity index (χ1) is 10.8. The van der Waals surface area contributed by atoms with Gasteiger partial charge in [-0.25, -0.2) is 8.42 Å². The van der Waals surface area contributed by atoms with E-state index in [0.717, 1.165) is 24.8 Å². The summed E-state index contributed by atoms with van der Waals surface area (Å²) < 4.78 is 26.4. The van der Waals surface area contributed by atoms with Gasteiger partial charge >= 0.3 is 5.97 Å². The molecule has 4 N–H and O–H groups in total. The number of unbranched alkanes of at least 4 members (excludes halogenated alkanes) is 3. The van der Waals surface area contributed by atoms with Gasteiger partial charge in [0.25, 0.3) is 0 Å². The molecule has 6 nitrogen and oxygen atoms in total. The number of hydrogen-bond acceptors (Lipinski definition) is 4. The molecule has 0 radical (unpaired) electrons. The molecule has 0 aliphatic heterocycles. The molecular weight excluding hydrogens is 340 g/mol. The van der Waals surface area contributed by atoms with Crippen LogP contribution in [0.5, 0.6) is 0 Å². The summed E-state index contributed by atoms with van der Waals surface area (Å²) in [5.41, 5.74) is 6.66. The predicted octanol–water partition coefficient (Wildman–Crippen LogP) is 2.18. The molecule has 1 rings (SSSR count). The van der Waals surface area contributed by atoms with Crippen molar-refractivity contribution in [1.82, 2.24) is 0 Å². The molecule has 0 heterocycles. The average Bonchev–Trinajstić information content (AvgIpc) is 2.48. The molecule has 0 aliphatic carbocycles. The van der Waals surface area contributed by atoms with Crippen molar-refractivity contribution in [3.05, 3.63) is 29.8 Å². The number of nitrogens with one attached hydrogen (secondary N) is 1. The molecule has 0 spiro atoms. The molecule has 0 amide bonds. The van der Waals surface area contributed by atoms with Crippen molar-refractivity contribution in [3.63, 3.8) is 0 Å². The summed E-state index contributed by atoms with van der Waals surface area (Å²) in [7, 11) is -3.37. The number of aliphatic carboxylic acids is 1. The van der Waals surface area contributed by atoms with Crippen LogP contribution in [0.15, 0.2) is 24.3 Å². The van der Waals surface area contributed by atoms with Crippen molar-refractivity contribution in [2.24, 2.45) is 5.73 Å². The van der Waals surface area contributed by atoms with Crippen molar-refractivity contribution < 1.29 is 18.3 Å². The lowest BCUT2D eigenvalue weighted by atomic mass is 10.1. The number of carboxylic acids is 1. The Bertz CT molecular complexity index is 590. The lowest BCUT2D eigenvalue weighted by Gasteiger charge is -2.10. The number of benzene rings is 1. The lowest BCUT2D eigenvalue weighted by molar-refractivity contribution is -0.138. The maximum absolute atomic E-state index is 11.9. The van der Waals surface area contributed by atoms with Gasteiger partial charge in [-0.15, -0.1) is 11.6 Å². The summed E-state index contributed by atoms with van der Waals surface area (Å²) in [6.07, 6.45) is 3.45. The number of carbonyl (C=O) groups is 1. The van der Waals surface area contributed by atoms with Crippen LogP contribution in [0.4, 0.5) is 5.69 Å². The fraction of sp³-hybridized carbons (Fsp3) is 0.533. The van der Waals surface area contributed by atoms with E-state index in [1.54, 1.807) is 24.3 Å². The topological polar surface area (TPSA) is 109 Å². The van der Waals surface area contributed by atoms with E-state index in [1.165, 1.54) is 0 Å². The van der Waals surface area contributed by atoms with Crippen molar-refractivity contribution in [2.45, 2.75) is 38.1 Å². The molecule has 1 aromatic rings. The molecule has 23 heavy (non-hydrogen) atoms. The first-order valence-corrected chi connectivity index (χ1v) is 9.66. The third kappa shape index (κ3) is 8.20. The molecule has 130 valence electrons. The maximum atomic E-state index is 11.9. The third-order valence-corrected chi connectivity index (χ3v) is 4.94. The van der Waals surface area contributed by atoms with Gasteiger partial charge in [-0.1, -0.05) is 25.0 Å². The lowest BCUT2D eigenvalue weighted by Crippen LogP contribution is -2.32. The molecule has 0 saturated carbocycles. The van der Waals surface area contributed by atoms with E-state index >= 15 is 0 Å². The highest BCUT2D eigenvalue weighted by atomic mass is 35.5. The van der Waals surface area contributed by atoms with Crippen LogP contribution in [0.1, 0.15) is 31.2 Å². The minimum absolute atomic E-state index is 0.0704. The van der Waals surface area contributed by atoms with Crippen molar-refractivity contribution in [1.29, 1.82) is 0 Å². The summed E-state index contributed by atoms with van der Waals surface area (Å²) in [4.78, 5) is 10.7. The second kappa shape index (κ2) is 9.75. The third-order valence-electron chi connectivity index (χ3n) is 3.30. The summed E-state index contributed by atoms with van der Waals surface area (Å²) in [5.74, 6) is -0.395. The molecule has 0 saturated heterocycles. The Morgan fingerprint density at radius 2 is 1.78 bits per heavy atom. The predicted molar refractivity (Wildman–Crippen MR) is 92.4 cm³/mol.